The number of phenolic OH excluding ortho intramolecular Hbond substituents is 1. The summed E-state index contributed by atoms with van der Waals surface area (Å²) in [6.45, 7) is 2.02. The molecule has 0 amide bonds. The molecule has 0 saturated carbocycles. The lowest BCUT2D eigenvalue weighted by Crippen LogP contribution is -1.77. The van der Waals surface area contributed by atoms with Crippen molar-refractivity contribution >= 4 is 22.4 Å². The van der Waals surface area contributed by atoms with Gasteiger partial charge < -0.3 is 5.11 Å². The average Bonchev–Trinajstić information content (AvgIpc) is 2.06. The molecule has 1 N–H and O–H groups in total. The van der Waals surface area contributed by atoms with E-state index in [2.05, 4.69) is 0 Å². The Morgan fingerprint density at radius 2 is 1.92 bits per heavy atom. The van der Waals surface area contributed by atoms with E-state index in [-0.39, 0.29) is 5.75 Å². The number of aromatic hydroxyl groups is 1. The van der Waals surface area contributed by atoms with Crippen LogP contribution in [-0.2, 0) is 0 Å². The Morgan fingerprint density at radius 1 is 1.15 bits per heavy atom. The molecule has 0 saturated heterocycles. The lowest BCUT2D eigenvalue weighted by molar-refractivity contribution is 0.476. The fourth-order valence-corrected chi connectivity index (χ4v) is 1.69. The predicted octanol–water partition coefficient (Wildman–Crippen LogP) is 3.51. The fourth-order valence-electron chi connectivity index (χ4n) is 1.41. The Morgan fingerprint density at radius 3 is 2.69 bits per heavy atom. The maximum absolute atomic E-state index is 9.30. The lowest BCUT2D eigenvalue weighted by Gasteiger charge is -2.02. The van der Waals surface area contributed by atoms with Crippen molar-refractivity contribution in [2.45, 2.75) is 6.92 Å². The number of rotatable bonds is 0. The van der Waals surface area contributed by atoms with Crippen LogP contribution in [0.25, 0.3) is 10.8 Å². The van der Waals surface area contributed by atoms with Gasteiger partial charge in [-0.25, -0.2) is 0 Å². The average molecular weight is 193 g/mol. The highest BCUT2D eigenvalue weighted by Gasteiger charge is 2.01. The van der Waals surface area contributed by atoms with E-state index in [4.69, 9.17) is 11.6 Å². The Labute approximate surface area is 81.6 Å². The minimum Gasteiger partial charge on any atom is -0.508 e. The highest BCUT2D eigenvalue weighted by atomic mass is 35.5. The van der Waals surface area contributed by atoms with Crippen LogP contribution in [0.4, 0.5) is 0 Å². The molecule has 0 atom stereocenters. The molecule has 66 valence electrons. The Hall–Kier alpha value is -1.21. The first kappa shape index (κ1) is 8.39. The quantitative estimate of drug-likeness (QED) is 0.677. The van der Waals surface area contributed by atoms with E-state index in [9.17, 15) is 5.11 Å². The summed E-state index contributed by atoms with van der Waals surface area (Å²) < 4.78 is 0. The van der Waals surface area contributed by atoms with Crippen molar-refractivity contribution in [2.75, 3.05) is 0 Å². The number of halogens is 1. The largest absolute Gasteiger partial charge is 0.508 e. The molecule has 2 aromatic carbocycles. The van der Waals surface area contributed by atoms with Crippen molar-refractivity contribution in [3.05, 3.63) is 40.9 Å². The zero-order chi connectivity index (χ0) is 9.42. The summed E-state index contributed by atoms with van der Waals surface area (Å²) in [4.78, 5) is 0. The van der Waals surface area contributed by atoms with E-state index in [1.165, 1.54) is 5.56 Å². The maximum Gasteiger partial charge on any atom is 0.117 e. The molecule has 2 heteroatoms. The van der Waals surface area contributed by atoms with Gasteiger partial charge in [0.2, 0.25) is 0 Å². The topological polar surface area (TPSA) is 20.2 Å². The van der Waals surface area contributed by atoms with Crippen molar-refractivity contribution in [1.82, 2.24) is 0 Å². The number of aryl methyl sites for hydroxylation is 1. The summed E-state index contributed by atoms with van der Waals surface area (Å²) in [5, 5.41) is 11.8. The number of hydrogen-bond acceptors (Lipinski definition) is 1. The second kappa shape index (κ2) is 2.93. The van der Waals surface area contributed by atoms with Gasteiger partial charge in [-0.2, -0.15) is 0 Å². The zero-order valence-corrected chi connectivity index (χ0v) is 7.97. The summed E-state index contributed by atoms with van der Waals surface area (Å²) in [7, 11) is 0. The molecular formula is C11H9ClO. The summed E-state index contributed by atoms with van der Waals surface area (Å²) in [5.74, 6) is 0.210. The van der Waals surface area contributed by atoms with E-state index in [0.29, 0.717) is 5.02 Å². The van der Waals surface area contributed by atoms with Gasteiger partial charge in [-0.15, -0.1) is 0 Å². The van der Waals surface area contributed by atoms with Gasteiger partial charge in [-0.1, -0.05) is 29.3 Å². The van der Waals surface area contributed by atoms with E-state index in [1.54, 1.807) is 12.1 Å². The molecule has 13 heavy (non-hydrogen) atoms. The molecule has 0 aromatic heterocycles. The fraction of sp³-hybridized carbons (Fsp3) is 0.0909. The summed E-state index contributed by atoms with van der Waals surface area (Å²) in [6.07, 6.45) is 0. The minimum atomic E-state index is 0.210. The third-order valence-corrected chi connectivity index (χ3v) is 2.36. The number of phenols is 1. The first-order chi connectivity index (χ1) is 6.16. The molecule has 0 radical (unpaired) electrons. The number of fused-ring (bicyclic) bond motifs is 1. The van der Waals surface area contributed by atoms with Gasteiger partial charge in [0.15, 0.2) is 0 Å². The van der Waals surface area contributed by atoms with Crippen LogP contribution in [0.1, 0.15) is 5.56 Å². The van der Waals surface area contributed by atoms with Crippen LogP contribution in [0.5, 0.6) is 5.75 Å². The van der Waals surface area contributed by atoms with Crippen molar-refractivity contribution < 1.29 is 5.11 Å². The highest BCUT2D eigenvalue weighted by Crippen LogP contribution is 2.28. The summed E-state index contributed by atoms with van der Waals surface area (Å²) in [5.41, 5.74) is 1.17. The van der Waals surface area contributed by atoms with Crippen LogP contribution in [0.3, 0.4) is 0 Å². The zero-order valence-electron chi connectivity index (χ0n) is 7.21. The van der Waals surface area contributed by atoms with Gasteiger partial charge >= 0.3 is 0 Å². The SMILES string of the molecule is Cc1ccc2cc(O)cc(Cl)c2c1. The van der Waals surface area contributed by atoms with E-state index >= 15 is 0 Å². The molecule has 1 nitrogen and oxygen atoms in total. The first-order valence-electron chi connectivity index (χ1n) is 4.06. The minimum absolute atomic E-state index is 0.210. The maximum atomic E-state index is 9.30. The molecule has 0 aliphatic carbocycles. The van der Waals surface area contributed by atoms with E-state index in [1.807, 2.05) is 25.1 Å². The van der Waals surface area contributed by atoms with Gasteiger partial charge in [-0.05, 0) is 30.5 Å². The molecule has 0 aliphatic rings. The van der Waals surface area contributed by atoms with Gasteiger partial charge in [0, 0.05) is 5.39 Å². The first-order valence-corrected chi connectivity index (χ1v) is 4.43. The third-order valence-electron chi connectivity index (χ3n) is 2.04. The highest BCUT2D eigenvalue weighted by molar-refractivity contribution is 6.35. The van der Waals surface area contributed by atoms with Gasteiger partial charge in [0.1, 0.15) is 5.75 Å². The summed E-state index contributed by atoms with van der Waals surface area (Å²) in [6, 6.07) is 9.23. The standard InChI is InChI=1S/C11H9ClO/c1-7-2-3-8-5-9(13)6-11(12)10(8)4-7/h2-6,13H,1H3. The van der Waals surface area contributed by atoms with Crippen molar-refractivity contribution in [3.63, 3.8) is 0 Å². The predicted molar refractivity (Wildman–Crippen MR) is 55.4 cm³/mol. The van der Waals surface area contributed by atoms with E-state index in [0.717, 1.165) is 10.8 Å². The molecular weight excluding hydrogens is 184 g/mol. The molecule has 0 spiro atoms. The molecule has 0 unspecified atom stereocenters. The van der Waals surface area contributed by atoms with Crippen LogP contribution < -0.4 is 0 Å². The van der Waals surface area contributed by atoms with Crippen LogP contribution in [0.2, 0.25) is 5.02 Å². The Balaban J connectivity index is 2.87. The van der Waals surface area contributed by atoms with Crippen LogP contribution >= 0.6 is 11.6 Å². The van der Waals surface area contributed by atoms with Gasteiger partial charge in [0.05, 0.1) is 5.02 Å². The molecule has 0 heterocycles. The molecule has 2 rings (SSSR count). The smallest absolute Gasteiger partial charge is 0.117 e. The monoisotopic (exact) mass is 192 g/mol. The van der Waals surface area contributed by atoms with E-state index < -0.39 is 0 Å². The second-order valence-corrected chi connectivity index (χ2v) is 3.56. The molecule has 2 aromatic rings. The van der Waals surface area contributed by atoms with Crippen molar-refractivity contribution in [1.29, 1.82) is 0 Å². The van der Waals surface area contributed by atoms with Gasteiger partial charge in [0.25, 0.3) is 0 Å². The Bertz CT molecular complexity index is 463. The molecule has 0 aliphatic heterocycles. The van der Waals surface area contributed by atoms with Crippen molar-refractivity contribution in [3.8, 4) is 5.75 Å². The van der Waals surface area contributed by atoms with Crippen LogP contribution in [0.15, 0.2) is 30.3 Å². The Kier molecular flexibility index (Phi) is 1.89. The second-order valence-electron chi connectivity index (χ2n) is 3.15. The lowest BCUT2D eigenvalue weighted by atomic mass is 10.1. The van der Waals surface area contributed by atoms with Gasteiger partial charge in [-0.3, -0.25) is 0 Å². The van der Waals surface area contributed by atoms with Crippen molar-refractivity contribution in [2.24, 2.45) is 0 Å². The number of benzene rings is 2. The van der Waals surface area contributed by atoms with Crippen LogP contribution in [-0.4, -0.2) is 5.11 Å². The molecule has 0 fully saturated rings. The third kappa shape index (κ3) is 1.47. The normalized spacial score (nSPS) is 10.6. The number of hydrogen-bond donors (Lipinski definition) is 1. The van der Waals surface area contributed by atoms with Crippen LogP contribution in [0, 0.1) is 6.92 Å². The molecule has 0 bridgehead atoms. The summed E-state index contributed by atoms with van der Waals surface area (Å²) >= 11 is 5.97.